The fourth-order valence-electron chi connectivity index (χ4n) is 2.08. The Morgan fingerprint density at radius 3 is 2.82 bits per heavy atom. The molecule has 94 valence electrons. The first-order chi connectivity index (χ1) is 8.00. The summed E-state index contributed by atoms with van der Waals surface area (Å²) in [7, 11) is -3.02. The number of anilines is 1. The molecule has 0 bridgehead atoms. The van der Waals surface area contributed by atoms with Gasteiger partial charge in [0, 0.05) is 12.2 Å². The lowest BCUT2D eigenvalue weighted by Gasteiger charge is -2.21. The van der Waals surface area contributed by atoms with Crippen molar-refractivity contribution in [3.63, 3.8) is 0 Å². The first-order valence-corrected chi connectivity index (χ1v) is 7.78. The van der Waals surface area contributed by atoms with Crippen LogP contribution in [0.5, 0.6) is 0 Å². The average Bonchev–Trinajstić information content (AvgIpc) is 2.29. The van der Waals surface area contributed by atoms with Gasteiger partial charge in [-0.15, -0.1) is 0 Å². The second-order valence-corrected chi connectivity index (χ2v) is 7.39. The lowest BCUT2D eigenvalue weighted by atomic mass is 10.0. The molecule has 1 aromatic rings. The summed E-state index contributed by atoms with van der Waals surface area (Å²) < 4.78 is 23.9. The number of hydrogen-bond donors (Lipinski definition) is 1. The van der Waals surface area contributed by atoms with Gasteiger partial charge in [0.1, 0.15) is 0 Å². The third-order valence-electron chi connectivity index (χ3n) is 3.24. The molecular weight excluding hydrogens is 234 g/mol. The zero-order valence-corrected chi connectivity index (χ0v) is 11.2. The molecule has 3 nitrogen and oxygen atoms in total. The van der Waals surface area contributed by atoms with Gasteiger partial charge in [0.2, 0.25) is 0 Å². The second-order valence-electron chi connectivity index (χ2n) is 4.84. The molecule has 17 heavy (non-hydrogen) atoms. The summed E-state index contributed by atoms with van der Waals surface area (Å²) in [6, 6.07) is 5.95. The van der Waals surface area contributed by atoms with E-state index in [0.717, 1.165) is 30.6 Å². The van der Waals surface area contributed by atoms with Crippen molar-refractivity contribution in [3.05, 3.63) is 29.3 Å². The number of nitrogens with one attached hydrogen (secondary N) is 1. The fraction of sp³-hybridized carbons (Fsp3) is 0.538. The van der Waals surface area contributed by atoms with Crippen LogP contribution in [0, 0.1) is 0 Å². The molecular formula is C13H19NO2S. The van der Waals surface area contributed by atoms with E-state index in [1.807, 2.05) is 12.1 Å². The Morgan fingerprint density at radius 1 is 1.35 bits per heavy atom. The molecule has 0 aromatic heterocycles. The molecule has 2 rings (SSSR count). The van der Waals surface area contributed by atoms with E-state index in [-0.39, 0.29) is 11.0 Å². The Bertz CT molecular complexity index is 506. The second kappa shape index (κ2) is 4.69. The standard InChI is InChI=1S/C13H19NO2S/c1-10(2)17(15,16)9-12-6-3-5-11-7-4-8-14-13(11)12/h3,5-6,10,14H,4,7-9H2,1-2H3. The van der Waals surface area contributed by atoms with Gasteiger partial charge in [-0.3, -0.25) is 0 Å². The van der Waals surface area contributed by atoms with Crippen molar-refractivity contribution in [1.82, 2.24) is 0 Å². The first kappa shape index (κ1) is 12.4. The van der Waals surface area contributed by atoms with Crippen molar-refractivity contribution in [3.8, 4) is 0 Å². The molecule has 1 N–H and O–H groups in total. The highest BCUT2D eigenvalue weighted by Gasteiger charge is 2.20. The average molecular weight is 253 g/mol. The highest BCUT2D eigenvalue weighted by molar-refractivity contribution is 7.91. The summed E-state index contributed by atoms with van der Waals surface area (Å²) in [5.74, 6) is 0.140. The topological polar surface area (TPSA) is 46.2 Å². The number of para-hydroxylation sites is 1. The number of hydrogen-bond acceptors (Lipinski definition) is 3. The van der Waals surface area contributed by atoms with Crippen LogP contribution < -0.4 is 5.32 Å². The predicted octanol–water partition coefficient (Wildman–Crippen LogP) is 2.37. The van der Waals surface area contributed by atoms with Crippen LogP contribution >= 0.6 is 0 Å². The van der Waals surface area contributed by atoms with Gasteiger partial charge in [0.25, 0.3) is 0 Å². The zero-order valence-electron chi connectivity index (χ0n) is 10.4. The van der Waals surface area contributed by atoms with Crippen LogP contribution in [0.25, 0.3) is 0 Å². The predicted molar refractivity (Wildman–Crippen MR) is 71.0 cm³/mol. The Kier molecular flexibility index (Phi) is 3.43. The van der Waals surface area contributed by atoms with Crippen LogP contribution in [0.4, 0.5) is 5.69 Å². The van der Waals surface area contributed by atoms with Gasteiger partial charge in [-0.05, 0) is 37.8 Å². The molecule has 0 atom stereocenters. The van der Waals surface area contributed by atoms with E-state index in [2.05, 4.69) is 11.4 Å². The molecule has 0 saturated heterocycles. The molecule has 4 heteroatoms. The summed E-state index contributed by atoms with van der Waals surface area (Å²) in [5, 5.41) is 3.01. The number of sulfone groups is 1. The van der Waals surface area contributed by atoms with Gasteiger partial charge in [-0.1, -0.05) is 18.2 Å². The van der Waals surface area contributed by atoms with E-state index in [9.17, 15) is 8.42 Å². The largest absolute Gasteiger partial charge is 0.385 e. The van der Waals surface area contributed by atoms with Crippen LogP contribution in [0.15, 0.2) is 18.2 Å². The highest BCUT2D eigenvalue weighted by Crippen LogP contribution is 2.28. The summed E-state index contributed by atoms with van der Waals surface area (Å²) in [6.07, 6.45) is 2.16. The molecule has 0 spiro atoms. The third-order valence-corrected chi connectivity index (χ3v) is 5.39. The van der Waals surface area contributed by atoms with E-state index in [0.29, 0.717) is 0 Å². The van der Waals surface area contributed by atoms with Crippen molar-refractivity contribution < 1.29 is 8.42 Å². The highest BCUT2D eigenvalue weighted by atomic mass is 32.2. The minimum Gasteiger partial charge on any atom is -0.385 e. The van der Waals surface area contributed by atoms with Crippen LogP contribution in [0.2, 0.25) is 0 Å². The maximum atomic E-state index is 12.0. The molecule has 0 aliphatic carbocycles. The van der Waals surface area contributed by atoms with E-state index >= 15 is 0 Å². The van der Waals surface area contributed by atoms with Crippen LogP contribution in [0.1, 0.15) is 31.4 Å². The molecule has 1 aliphatic rings. The van der Waals surface area contributed by atoms with Gasteiger partial charge < -0.3 is 5.32 Å². The molecule has 1 aliphatic heterocycles. The minimum atomic E-state index is -3.02. The fourth-order valence-corrected chi connectivity index (χ4v) is 3.09. The normalized spacial score (nSPS) is 15.5. The van der Waals surface area contributed by atoms with Gasteiger partial charge in [-0.25, -0.2) is 8.42 Å². The molecule has 0 unspecified atom stereocenters. The van der Waals surface area contributed by atoms with Gasteiger partial charge in [0.15, 0.2) is 9.84 Å². The minimum absolute atomic E-state index is 0.140. The quantitative estimate of drug-likeness (QED) is 0.899. The monoisotopic (exact) mass is 253 g/mol. The number of rotatable bonds is 3. The first-order valence-electron chi connectivity index (χ1n) is 6.07. The van der Waals surface area contributed by atoms with Crippen LogP contribution in [-0.2, 0) is 22.0 Å². The third kappa shape index (κ3) is 2.63. The summed E-state index contributed by atoms with van der Waals surface area (Å²) in [6.45, 7) is 4.40. The van der Waals surface area contributed by atoms with E-state index in [4.69, 9.17) is 0 Å². The van der Waals surface area contributed by atoms with Gasteiger partial charge >= 0.3 is 0 Å². The van der Waals surface area contributed by atoms with Crippen molar-refractivity contribution in [2.75, 3.05) is 11.9 Å². The van der Waals surface area contributed by atoms with Crippen molar-refractivity contribution in [2.45, 2.75) is 37.7 Å². The molecule has 0 saturated carbocycles. The summed E-state index contributed by atoms with van der Waals surface area (Å²) in [5.41, 5.74) is 3.20. The van der Waals surface area contributed by atoms with Crippen molar-refractivity contribution in [2.24, 2.45) is 0 Å². The smallest absolute Gasteiger partial charge is 0.156 e. The molecule has 0 fully saturated rings. The van der Waals surface area contributed by atoms with Crippen molar-refractivity contribution >= 4 is 15.5 Å². The molecule has 1 heterocycles. The maximum absolute atomic E-state index is 12.0. The number of fused-ring (bicyclic) bond motifs is 1. The van der Waals surface area contributed by atoms with Crippen LogP contribution in [-0.4, -0.2) is 20.2 Å². The van der Waals surface area contributed by atoms with Crippen molar-refractivity contribution in [1.29, 1.82) is 0 Å². The number of benzene rings is 1. The SMILES string of the molecule is CC(C)S(=O)(=O)Cc1cccc2c1NCCC2. The molecule has 0 radical (unpaired) electrons. The lowest BCUT2D eigenvalue weighted by molar-refractivity contribution is 0.586. The Labute approximate surface area is 103 Å². The Morgan fingerprint density at radius 2 is 2.12 bits per heavy atom. The summed E-state index contributed by atoms with van der Waals surface area (Å²) in [4.78, 5) is 0. The lowest BCUT2D eigenvalue weighted by Crippen LogP contribution is -2.19. The zero-order chi connectivity index (χ0) is 12.5. The van der Waals surface area contributed by atoms with E-state index in [1.54, 1.807) is 13.8 Å². The molecule has 0 amide bonds. The van der Waals surface area contributed by atoms with Crippen LogP contribution in [0.3, 0.4) is 0 Å². The van der Waals surface area contributed by atoms with E-state index < -0.39 is 9.84 Å². The summed E-state index contributed by atoms with van der Waals surface area (Å²) >= 11 is 0. The van der Waals surface area contributed by atoms with E-state index in [1.165, 1.54) is 5.56 Å². The molecule has 1 aromatic carbocycles. The number of aryl methyl sites for hydroxylation is 1. The Balaban J connectivity index is 2.34. The maximum Gasteiger partial charge on any atom is 0.156 e. The Hall–Kier alpha value is -1.03. The van der Waals surface area contributed by atoms with Gasteiger partial charge in [-0.2, -0.15) is 0 Å². The van der Waals surface area contributed by atoms with Gasteiger partial charge in [0.05, 0.1) is 11.0 Å².